The summed E-state index contributed by atoms with van der Waals surface area (Å²) in [5, 5.41) is 5.68. The van der Waals surface area contributed by atoms with Crippen molar-refractivity contribution in [3.8, 4) is 22.3 Å². The summed E-state index contributed by atoms with van der Waals surface area (Å²) in [4.78, 5) is 0. The molecule has 216 valence electrons. The first-order valence-corrected chi connectivity index (χ1v) is 15.7. The van der Waals surface area contributed by atoms with Crippen LogP contribution < -0.4 is 5.19 Å². The molecule has 0 nitrogen and oxygen atoms in total. The molecule has 0 heterocycles. The summed E-state index contributed by atoms with van der Waals surface area (Å²) in [7, 11) is 0.657. The Kier molecular flexibility index (Phi) is 12.0. The third kappa shape index (κ3) is 7.02. The van der Waals surface area contributed by atoms with Crippen molar-refractivity contribution in [2.24, 2.45) is 0 Å². The van der Waals surface area contributed by atoms with Crippen LogP contribution in [0.5, 0.6) is 0 Å². The standard InChI is InChI=1S/C39H38Si.2CH3.Hf/c1-6-11-36-35-19-10-18-34(30-15-8-13-28(21-30)26(4)5)38(35)24-39(36)40-32-22-31-16-9-17-33(37(31)23-32)29-14-7-12-27(20-29)25(2)3;;;/h7-10,12-26,36H,1,6,11H2,2-5H3;2*1H3;/q-2;2*-1;+4. The first-order chi connectivity index (χ1) is 19.4. The topological polar surface area (TPSA) is 0 Å². The van der Waals surface area contributed by atoms with Crippen LogP contribution >= 0.6 is 0 Å². The van der Waals surface area contributed by atoms with Gasteiger partial charge in [0.2, 0.25) is 0 Å². The van der Waals surface area contributed by atoms with Gasteiger partial charge in [0, 0.05) is 0 Å². The van der Waals surface area contributed by atoms with Crippen LogP contribution in [0, 0.1) is 21.8 Å². The van der Waals surface area contributed by atoms with E-state index in [1.54, 1.807) is 5.20 Å². The Balaban J connectivity index is 0.00000169. The van der Waals surface area contributed by atoms with E-state index in [0.717, 1.165) is 12.8 Å². The maximum Gasteiger partial charge on any atom is 4.00 e. The molecule has 5 aromatic carbocycles. The summed E-state index contributed by atoms with van der Waals surface area (Å²) >= 11 is 0. The molecule has 6 rings (SSSR count). The molecule has 2 radical (unpaired) electrons. The molecule has 1 atom stereocenters. The maximum absolute atomic E-state index is 4.25. The van der Waals surface area contributed by atoms with E-state index in [1.807, 2.05) is 0 Å². The van der Waals surface area contributed by atoms with Crippen LogP contribution in [0.4, 0.5) is 0 Å². The second-order valence-electron chi connectivity index (χ2n) is 11.8. The Morgan fingerprint density at radius 2 is 1.33 bits per heavy atom. The molecule has 1 unspecified atom stereocenters. The Morgan fingerprint density at radius 3 is 1.95 bits per heavy atom. The third-order valence-electron chi connectivity index (χ3n) is 8.45. The molecular weight excluding hydrogens is 699 g/mol. The van der Waals surface area contributed by atoms with Crippen molar-refractivity contribution >= 4 is 31.6 Å². The zero-order chi connectivity index (χ0) is 27.8. The summed E-state index contributed by atoms with van der Waals surface area (Å²) in [6, 6.07) is 36.7. The predicted octanol–water partition coefficient (Wildman–Crippen LogP) is 11.1. The normalized spacial score (nSPS) is 13.7. The van der Waals surface area contributed by atoms with Crippen molar-refractivity contribution in [2.45, 2.75) is 58.3 Å². The molecule has 0 amide bonds. The molecule has 0 fully saturated rings. The van der Waals surface area contributed by atoms with Gasteiger partial charge in [0.1, 0.15) is 0 Å². The number of hydrogen-bond donors (Lipinski definition) is 0. The van der Waals surface area contributed by atoms with Crippen molar-refractivity contribution in [3.63, 3.8) is 0 Å². The number of allylic oxidation sites excluding steroid dienone is 1. The van der Waals surface area contributed by atoms with Crippen LogP contribution in [-0.2, 0) is 25.8 Å². The first kappa shape index (κ1) is 34.8. The summed E-state index contributed by atoms with van der Waals surface area (Å²) in [5.74, 6) is 1.49. The van der Waals surface area contributed by atoms with Crippen LogP contribution in [0.25, 0.3) is 39.1 Å². The minimum absolute atomic E-state index is 0. The average Bonchev–Trinajstić information content (AvgIpc) is 3.54. The molecule has 0 aliphatic heterocycles. The number of fused-ring (bicyclic) bond motifs is 2. The van der Waals surface area contributed by atoms with Gasteiger partial charge in [-0.2, -0.15) is 12.5 Å². The fraction of sp³-hybridized carbons (Fsp3) is 0.220. The zero-order valence-electron chi connectivity index (χ0n) is 26.7. The van der Waals surface area contributed by atoms with Gasteiger partial charge in [-0.1, -0.05) is 124 Å². The van der Waals surface area contributed by atoms with E-state index in [4.69, 9.17) is 0 Å². The molecule has 0 saturated heterocycles. The first-order valence-electron chi connectivity index (χ1n) is 14.7. The predicted molar refractivity (Wildman–Crippen MR) is 189 cm³/mol. The number of rotatable bonds is 8. The Labute approximate surface area is 282 Å². The van der Waals surface area contributed by atoms with Gasteiger partial charge in [-0.05, 0) is 56.7 Å². The molecule has 5 aromatic rings. The Bertz CT molecular complexity index is 1700. The molecular formula is C41H44HfSi. The number of benzene rings is 4. The van der Waals surface area contributed by atoms with Crippen LogP contribution in [-0.4, -0.2) is 9.52 Å². The minimum atomic E-state index is 0. The van der Waals surface area contributed by atoms with Gasteiger partial charge >= 0.3 is 25.8 Å². The molecule has 2 heteroatoms. The van der Waals surface area contributed by atoms with E-state index in [9.17, 15) is 0 Å². The van der Waals surface area contributed by atoms with Crippen LogP contribution in [0.15, 0.2) is 102 Å². The Morgan fingerprint density at radius 1 is 0.744 bits per heavy atom. The van der Waals surface area contributed by atoms with E-state index >= 15 is 0 Å². The zero-order valence-corrected chi connectivity index (χ0v) is 31.3. The second kappa shape index (κ2) is 14.9. The molecule has 0 N–H and O–H groups in total. The van der Waals surface area contributed by atoms with E-state index < -0.39 is 0 Å². The largest absolute Gasteiger partial charge is 4.00 e. The van der Waals surface area contributed by atoms with Gasteiger partial charge < -0.3 is 21.8 Å². The van der Waals surface area contributed by atoms with Crippen molar-refractivity contribution in [1.82, 2.24) is 0 Å². The van der Waals surface area contributed by atoms with Gasteiger partial charge in [-0.3, -0.25) is 0 Å². The van der Waals surface area contributed by atoms with Crippen molar-refractivity contribution in [2.75, 3.05) is 0 Å². The summed E-state index contributed by atoms with van der Waals surface area (Å²) < 4.78 is 0. The van der Waals surface area contributed by atoms with E-state index in [2.05, 4.69) is 138 Å². The van der Waals surface area contributed by atoms with Crippen LogP contribution in [0.1, 0.15) is 80.5 Å². The third-order valence-corrected chi connectivity index (χ3v) is 9.81. The van der Waals surface area contributed by atoms with Crippen LogP contribution in [0.2, 0.25) is 0 Å². The van der Waals surface area contributed by atoms with Gasteiger partial charge in [-0.25, -0.2) is 0 Å². The molecule has 0 bridgehead atoms. The van der Waals surface area contributed by atoms with Crippen LogP contribution in [0.3, 0.4) is 0 Å². The van der Waals surface area contributed by atoms with Gasteiger partial charge in [-0.15, -0.1) is 34.2 Å². The monoisotopic (exact) mass is 744 g/mol. The number of hydrogen-bond acceptors (Lipinski definition) is 0. The molecule has 1 aliphatic rings. The molecule has 0 aromatic heterocycles. The van der Waals surface area contributed by atoms with Crippen molar-refractivity contribution in [1.29, 1.82) is 0 Å². The quantitative estimate of drug-likeness (QED) is 0.110. The molecule has 0 saturated carbocycles. The fourth-order valence-electron chi connectivity index (χ4n) is 6.22. The smallest absolute Gasteiger partial charge is 0.358 e. The van der Waals surface area contributed by atoms with E-state index in [0.29, 0.717) is 27.3 Å². The molecule has 43 heavy (non-hydrogen) atoms. The maximum atomic E-state index is 4.25. The average molecular weight is 743 g/mol. The second-order valence-corrected chi connectivity index (χ2v) is 13.2. The summed E-state index contributed by atoms with van der Waals surface area (Å²) in [5.41, 5.74) is 11.0. The van der Waals surface area contributed by atoms with E-state index in [-0.39, 0.29) is 40.7 Å². The minimum Gasteiger partial charge on any atom is -0.358 e. The summed E-state index contributed by atoms with van der Waals surface area (Å²) in [6.45, 7) is 13.3. The van der Waals surface area contributed by atoms with Gasteiger partial charge in [0.25, 0.3) is 0 Å². The fourth-order valence-corrected chi connectivity index (χ4v) is 7.69. The summed E-state index contributed by atoms with van der Waals surface area (Å²) in [6.07, 6.45) is 4.54. The SMILES string of the molecule is [CH2-]CCC1C([Si]c2cc3c(-c4cccc(C(C)C)c4)cccc3[cH-]2)=Cc2c(-c3cccc(C(C)C)c3)cccc21.[CH3-].[CH3-].[Hf+4]. The van der Waals surface area contributed by atoms with Gasteiger partial charge in [0.05, 0.1) is 9.52 Å². The van der Waals surface area contributed by atoms with E-state index in [1.165, 1.54) is 60.5 Å². The molecule has 1 aliphatic carbocycles. The Hall–Kier alpha value is -2.68. The molecule has 0 spiro atoms. The van der Waals surface area contributed by atoms with Gasteiger partial charge in [0.15, 0.2) is 0 Å². The van der Waals surface area contributed by atoms with Crippen molar-refractivity contribution in [3.05, 3.63) is 146 Å². The van der Waals surface area contributed by atoms with Crippen molar-refractivity contribution < 1.29 is 25.8 Å².